The molecular weight excluding hydrogens is 306 g/mol. The number of hydrogen-bond acceptors (Lipinski definition) is 2. The van der Waals surface area contributed by atoms with E-state index in [-0.39, 0.29) is 11.9 Å². The Morgan fingerprint density at radius 3 is 2.87 bits per heavy atom. The maximum atomic E-state index is 12.8. The highest BCUT2D eigenvalue weighted by atomic mass is 127. The maximum Gasteiger partial charge on any atom is 0.124 e. The first-order chi connectivity index (χ1) is 7.17. The number of nitrogens with zero attached hydrogens (tertiary/aromatic N) is 1. The van der Waals surface area contributed by atoms with Crippen molar-refractivity contribution in [3.63, 3.8) is 0 Å². The highest BCUT2D eigenvalue weighted by Gasteiger charge is 2.07. The molecule has 0 fully saturated rings. The van der Waals surface area contributed by atoms with Crippen molar-refractivity contribution in [1.82, 2.24) is 0 Å². The lowest BCUT2D eigenvalue weighted by atomic mass is 10.1. The van der Waals surface area contributed by atoms with Crippen molar-refractivity contribution in [2.45, 2.75) is 25.8 Å². The lowest BCUT2D eigenvalue weighted by Crippen LogP contribution is -2.18. The fraction of sp³-hybridized carbons (Fsp3) is 0.364. The van der Waals surface area contributed by atoms with Gasteiger partial charge in [-0.15, -0.1) is 0 Å². The van der Waals surface area contributed by atoms with E-state index in [0.717, 1.165) is 15.7 Å². The molecule has 0 aliphatic heterocycles. The Morgan fingerprint density at radius 2 is 2.33 bits per heavy atom. The highest BCUT2D eigenvalue weighted by Crippen LogP contribution is 2.20. The lowest BCUT2D eigenvalue weighted by molar-refractivity contribution is 0.626. The van der Waals surface area contributed by atoms with Gasteiger partial charge < -0.3 is 5.32 Å². The summed E-state index contributed by atoms with van der Waals surface area (Å²) >= 11 is 2.08. The molecule has 0 radical (unpaired) electrons. The number of halogens is 2. The second kappa shape index (κ2) is 5.91. The molecule has 0 saturated heterocycles. The summed E-state index contributed by atoms with van der Waals surface area (Å²) in [6.07, 6.45) is 1.34. The molecule has 1 aromatic carbocycles. The van der Waals surface area contributed by atoms with E-state index >= 15 is 0 Å². The molecule has 0 spiro atoms. The van der Waals surface area contributed by atoms with Gasteiger partial charge in [-0.05, 0) is 47.2 Å². The summed E-state index contributed by atoms with van der Waals surface area (Å²) in [5.41, 5.74) is 0.888. The lowest BCUT2D eigenvalue weighted by Gasteiger charge is -2.16. The van der Waals surface area contributed by atoms with Gasteiger partial charge in [0.25, 0.3) is 0 Å². The fourth-order valence-corrected chi connectivity index (χ4v) is 1.87. The topological polar surface area (TPSA) is 35.8 Å². The third kappa shape index (κ3) is 3.67. The van der Waals surface area contributed by atoms with E-state index in [4.69, 9.17) is 5.26 Å². The van der Waals surface area contributed by atoms with Crippen molar-refractivity contribution in [1.29, 1.82) is 5.26 Å². The zero-order valence-corrected chi connectivity index (χ0v) is 10.6. The molecular formula is C11H12FIN2. The van der Waals surface area contributed by atoms with Gasteiger partial charge in [0.05, 0.1) is 12.5 Å². The van der Waals surface area contributed by atoms with E-state index in [9.17, 15) is 4.39 Å². The summed E-state index contributed by atoms with van der Waals surface area (Å²) in [5.74, 6) is -0.238. The van der Waals surface area contributed by atoms with Crippen molar-refractivity contribution in [3.05, 3.63) is 27.6 Å². The fourth-order valence-electron chi connectivity index (χ4n) is 1.23. The first-order valence-electron chi connectivity index (χ1n) is 4.76. The standard InChI is InChI=1S/C11H12FIN2/c1-2-9(5-6-14)15-11-4-3-8(12)7-10(11)13/h3-4,7,9,15H,2,5H2,1H3. The van der Waals surface area contributed by atoms with Crippen LogP contribution in [0.1, 0.15) is 19.8 Å². The molecule has 0 bridgehead atoms. The average molecular weight is 318 g/mol. The minimum atomic E-state index is -0.238. The van der Waals surface area contributed by atoms with Crippen molar-refractivity contribution >= 4 is 28.3 Å². The van der Waals surface area contributed by atoms with Crippen LogP contribution in [0, 0.1) is 20.7 Å². The summed E-state index contributed by atoms with van der Waals surface area (Å²) in [5, 5.41) is 11.8. The second-order valence-electron chi connectivity index (χ2n) is 3.24. The molecule has 1 unspecified atom stereocenters. The number of benzene rings is 1. The summed E-state index contributed by atoms with van der Waals surface area (Å²) in [6.45, 7) is 2.02. The molecule has 0 aliphatic carbocycles. The minimum Gasteiger partial charge on any atom is -0.380 e. The normalized spacial score (nSPS) is 11.9. The van der Waals surface area contributed by atoms with Gasteiger partial charge in [-0.2, -0.15) is 5.26 Å². The van der Waals surface area contributed by atoms with Crippen molar-refractivity contribution < 1.29 is 4.39 Å². The summed E-state index contributed by atoms with van der Waals surface area (Å²) < 4.78 is 13.7. The summed E-state index contributed by atoms with van der Waals surface area (Å²) in [7, 11) is 0. The number of rotatable bonds is 4. The highest BCUT2D eigenvalue weighted by molar-refractivity contribution is 14.1. The van der Waals surface area contributed by atoms with E-state index in [2.05, 4.69) is 34.0 Å². The molecule has 0 saturated carbocycles. The monoisotopic (exact) mass is 318 g/mol. The van der Waals surface area contributed by atoms with Crippen molar-refractivity contribution in [2.75, 3.05) is 5.32 Å². The van der Waals surface area contributed by atoms with Crippen LogP contribution in [-0.2, 0) is 0 Å². The zero-order chi connectivity index (χ0) is 11.3. The van der Waals surface area contributed by atoms with Crippen molar-refractivity contribution in [2.24, 2.45) is 0 Å². The van der Waals surface area contributed by atoms with E-state index in [0.29, 0.717) is 6.42 Å². The van der Waals surface area contributed by atoms with Gasteiger partial charge in [0.1, 0.15) is 5.82 Å². The van der Waals surface area contributed by atoms with Gasteiger partial charge >= 0.3 is 0 Å². The Kier molecular flexibility index (Phi) is 4.82. The third-order valence-corrected chi connectivity index (χ3v) is 3.01. The maximum absolute atomic E-state index is 12.8. The zero-order valence-electron chi connectivity index (χ0n) is 8.43. The van der Waals surface area contributed by atoms with Crippen LogP contribution in [-0.4, -0.2) is 6.04 Å². The molecule has 1 rings (SSSR count). The van der Waals surface area contributed by atoms with Gasteiger partial charge in [0.15, 0.2) is 0 Å². The first-order valence-corrected chi connectivity index (χ1v) is 5.83. The quantitative estimate of drug-likeness (QED) is 0.862. The first kappa shape index (κ1) is 12.2. The number of nitriles is 1. The Bertz CT molecular complexity index is 373. The Hall–Kier alpha value is -0.830. The molecule has 0 aromatic heterocycles. The van der Waals surface area contributed by atoms with Crippen LogP contribution in [0.15, 0.2) is 18.2 Å². The van der Waals surface area contributed by atoms with E-state index in [1.54, 1.807) is 6.07 Å². The molecule has 2 nitrogen and oxygen atoms in total. The molecule has 0 amide bonds. The van der Waals surface area contributed by atoms with Gasteiger partial charge in [-0.3, -0.25) is 0 Å². The number of anilines is 1. The molecule has 1 aromatic rings. The predicted molar refractivity (Wildman–Crippen MR) is 67.0 cm³/mol. The molecule has 4 heteroatoms. The van der Waals surface area contributed by atoms with E-state index < -0.39 is 0 Å². The SMILES string of the molecule is CCC(CC#N)Nc1ccc(F)cc1I. The minimum absolute atomic E-state index is 0.133. The van der Waals surface area contributed by atoms with Crippen LogP contribution in [0.3, 0.4) is 0 Å². The van der Waals surface area contributed by atoms with Crippen LogP contribution in [0.2, 0.25) is 0 Å². The van der Waals surface area contributed by atoms with E-state index in [1.165, 1.54) is 12.1 Å². The predicted octanol–water partition coefficient (Wildman–Crippen LogP) is 3.53. The van der Waals surface area contributed by atoms with Gasteiger partial charge in [0, 0.05) is 15.3 Å². The molecule has 0 heterocycles. The van der Waals surface area contributed by atoms with Crippen molar-refractivity contribution in [3.8, 4) is 6.07 Å². The third-order valence-electron chi connectivity index (χ3n) is 2.12. The van der Waals surface area contributed by atoms with Crippen LogP contribution in [0.25, 0.3) is 0 Å². The molecule has 0 aliphatic rings. The van der Waals surface area contributed by atoms with E-state index in [1.807, 2.05) is 6.92 Å². The van der Waals surface area contributed by atoms with Crippen LogP contribution in [0.5, 0.6) is 0 Å². The second-order valence-corrected chi connectivity index (χ2v) is 4.40. The molecule has 1 N–H and O–H groups in total. The summed E-state index contributed by atoms with van der Waals surface area (Å²) in [6, 6.07) is 6.86. The molecule has 15 heavy (non-hydrogen) atoms. The Labute approximate surface area is 103 Å². The van der Waals surface area contributed by atoms with Gasteiger partial charge in [0.2, 0.25) is 0 Å². The summed E-state index contributed by atoms with van der Waals surface area (Å²) in [4.78, 5) is 0. The Balaban J connectivity index is 2.75. The Morgan fingerprint density at radius 1 is 1.60 bits per heavy atom. The smallest absolute Gasteiger partial charge is 0.124 e. The van der Waals surface area contributed by atoms with Gasteiger partial charge in [-0.25, -0.2) is 4.39 Å². The van der Waals surface area contributed by atoms with Crippen LogP contribution < -0.4 is 5.32 Å². The largest absolute Gasteiger partial charge is 0.380 e. The van der Waals surface area contributed by atoms with Crippen LogP contribution >= 0.6 is 22.6 Å². The number of nitrogens with one attached hydrogen (secondary N) is 1. The van der Waals surface area contributed by atoms with Gasteiger partial charge in [-0.1, -0.05) is 6.92 Å². The average Bonchev–Trinajstić information content (AvgIpc) is 2.21. The molecule has 80 valence electrons. The molecule has 1 atom stereocenters. The van der Waals surface area contributed by atoms with Crippen LogP contribution in [0.4, 0.5) is 10.1 Å². The number of hydrogen-bond donors (Lipinski definition) is 1.